The van der Waals surface area contributed by atoms with Crippen LogP contribution >= 0.6 is 0 Å². The van der Waals surface area contributed by atoms with Gasteiger partial charge in [-0.15, -0.1) is 0 Å². The fourth-order valence-corrected chi connectivity index (χ4v) is 1.98. The number of urea groups is 1. The fourth-order valence-electron chi connectivity index (χ4n) is 1.98. The number of hydrogen-bond donors (Lipinski definition) is 2. The summed E-state index contributed by atoms with van der Waals surface area (Å²) in [7, 11) is 0. The van der Waals surface area contributed by atoms with Crippen molar-refractivity contribution in [1.29, 1.82) is 0 Å². The van der Waals surface area contributed by atoms with Crippen LogP contribution in [0.15, 0.2) is 0 Å². The van der Waals surface area contributed by atoms with Crippen molar-refractivity contribution in [1.82, 2.24) is 5.32 Å². The number of nitrogens with two attached hydrogens (primary N) is 1. The van der Waals surface area contributed by atoms with Crippen molar-refractivity contribution in [3.63, 3.8) is 0 Å². The summed E-state index contributed by atoms with van der Waals surface area (Å²) in [5, 5.41) is 2.44. The Hall–Kier alpha value is -1.26. The molecule has 5 nitrogen and oxygen atoms in total. The molecule has 0 radical (unpaired) electrons. The summed E-state index contributed by atoms with van der Waals surface area (Å²) in [6.45, 7) is 0.803. The van der Waals surface area contributed by atoms with Gasteiger partial charge in [-0.25, -0.2) is 4.79 Å². The van der Waals surface area contributed by atoms with E-state index in [0.29, 0.717) is 31.9 Å². The van der Waals surface area contributed by atoms with Gasteiger partial charge in [-0.1, -0.05) is 12.8 Å². The summed E-state index contributed by atoms with van der Waals surface area (Å²) in [5.74, 6) is 0.405. The fraction of sp³-hybridized carbons (Fsp3) is 0.818. The normalized spacial score (nSPS) is 16.0. The second-order valence-corrected chi connectivity index (χ2v) is 4.22. The Kier molecular flexibility index (Phi) is 5.67. The molecule has 0 aliphatic heterocycles. The molecule has 92 valence electrons. The number of carbonyl (C=O) groups is 2. The molecule has 0 heterocycles. The maximum Gasteiger partial charge on any atom is 0.312 e. The highest BCUT2D eigenvalue weighted by molar-refractivity contribution is 5.71. The van der Waals surface area contributed by atoms with Gasteiger partial charge in [0.25, 0.3) is 0 Å². The molecule has 0 saturated heterocycles. The number of esters is 1. The van der Waals surface area contributed by atoms with E-state index in [-0.39, 0.29) is 5.97 Å². The molecule has 0 aromatic carbocycles. The monoisotopic (exact) mass is 228 g/mol. The lowest BCUT2D eigenvalue weighted by atomic mass is 10.0. The molecule has 0 unspecified atom stereocenters. The molecule has 1 rings (SSSR count). The quantitative estimate of drug-likeness (QED) is 0.529. The Balaban J connectivity index is 1.95. The molecule has 1 aliphatic carbocycles. The smallest absolute Gasteiger partial charge is 0.312 e. The van der Waals surface area contributed by atoms with Crippen LogP contribution in [0.3, 0.4) is 0 Å². The molecule has 0 aromatic heterocycles. The van der Waals surface area contributed by atoms with E-state index in [1.165, 1.54) is 12.8 Å². The number of carbonyl (C=O) groups excluding carboxylic acids is 2. The average Bonchev–Trinajstić information content (AvgIpc) is 2.69. The molecule has 16 heavy (non-hydrogen) atoms. The Morgan fingerprint density at radius 2 is 2.00 bits per heavy atom. The van der Waals surface area contributed by atoms with Gasteiger partial charge in [-0.2, -0.15) is 0 Å². The van der Waals surface area contributed by atoms with Crippen molar-refractivity contribution in [2.24, 2.45) is 11.7 Å². The van der Waals surface area contributed by atoms with E-state index >= 15 is 0 Å². The number of nitrogens with one attached hydrogen (secondary N) is 1. The predicted octanol–water partition coefficient (Wildman–Crippen LogP) is 1.17. The third-order valence-corrected chi connectivity index (χ3v) is 2.81. The summed E-state index contributed by atoms with van der Waals surface area (Å²) in [6, 6.07) is -0.544. The van der Waals surface area contributed by atoms with Crippen LogP contribution < -0.4 is 11.1 Å². The Bertz CT molecular complexity index is 237. The first-order valence-electron chi connectivity index (χ1n) is 5.87. The van der Waals surface area contributed by atoms with Gasteiger partial charge >= 0.3 is 12.0 Å². The predicted molar refractivity (Wildman–Crippen MR) is 59.7 cm³/mol. The van der Waals surface area contributed by atoms with E-state index in [0.717, 1.165) is 12.8 Å². The summed E-state index contributed by atoms with van der Waals surface area (Å²) >= 11 is 0. The Labute approximate surface area is 95.7 Å². The third kappa shape index (κ3) is 5.58. The van der Waals surface area contributed by atoms with Crippen LogP contribution in [0.1, 0.15) is 38.5 Å². The van der Waals surface area contributed by atoms with E-state index in [2.05, 4.69) is 5.32 Å². The zero-order valence-corrected chi connectivity index (χ0v) is 9.54. The van der Waals surface area contributed by atoms with E-state index in [1.807, 2.05) is 0 Å². The van der Waals surface area contributed by atoms with Crippen molar-refractivity contribution in [2.45, 2.75) is 38.5 Å². The summed E-state index contributed by atoms with van der Waals surface area (Å²) < 4.78 is 5.05. The maximum absolute atomic E-state index is 11.4. The standard InChI is InChI=1S/C11H20N2O3/c12-11(15)13-6-3-7-16-10(14)8-9-4-1-2-5-9/h9H,1-8H2,(H3,12,13,15). The minimum absolute atomic E-state index is 0.119. The average molecular weight is 228 g/mol. The zero-order valence-electron chi connectivity index (χ0n) is 9.54. The topological polar surface area (TPSA) is 81.4 Å². The van der Waals surface area contributed by atoms with Crippen LogP contribution in [0.25, 0.3) is 0 Å². The molecule has 0 aromatic rings. The van der Waals surface area contributed by atoms with Gasteiger partial charge in [0.05, 0.1) is 6.61 Å². The molecular formula is C11H20N2O3. The minimum Gasteiger partial charge on any atom is -0.466 e. The molecule has 1 saturated carbocycles. The van der Waals surface area contributed by atoms with Gasteiger partial charge in [-0.05, 0) is 25.2 Å². The molecule has 3 N–H and O–H groups in total. The van der Waals surface area contributed by atoms with Crippen LogP contribution in [0.5, 0.6) is 0 Å². The first-order valence-corrected chi connectivity index (χ1v) is 5.87. The highest BCUT2D eigenvalue weighted by Gasteiger charge is 2.18. The molecule has 0 spiro atoms. The van der Waals surface area contributed by atoms with Crippen LogP contribution in [0.2, 0.25) is 0 Å². The summed E-state index contributed by atoms with van der Waals surface area (Å²) in [6.07, 6.45) is 5.93. The second kappa shape index (κ2) is 7.09. The molecule has 2 amide bonds. The molecule has 0 atom stereocenters. The third-order valence-electron chi connectivity index (χ3n) is 2.81. The van der Waals surface area contributed by atoms with Crippen molar-refractivity contribution in [3.8, 4) is 0 Å². The summed E-state index contributed by atoms with van der Waals surface area (Å²) in [4.78, 5) is 21.7. The van der Waals surface area contributed by atoms with Gasteiger partial charge in [-0.3, -0.25) is 4.79 Å². The molecule has 1 fully saturated rings. The number of hydrogen-bond acceptors (Lipinski definition) is 3. The van der Waals surface area contributed by atoms with Gasteiger partial charge in [0.1, 0.15) is 0 Å². The molecule has 0 bridgehead atoms. The van der Waals surface area contributed by atoms with Crippen molar-refractivity contribution < 1.29 is 14.3 Å². The highest BCUT2D eigenvalue weighted by Crippen LogP contribution is 2.27. The number of ether oxygens (including phenoxy) is 1. The number of amides is 2. The van der Waals surface area contributed by atoms with Crippen LogP contribution in [-0.4, -0.2) is 25.2 Å². The second-order valence-electron chi connectivity index (χ2n) is 4.22. The number of rotatable bonds is 6. The molecule has 5 heteroatoms. The Morgan fingerprint density at radius 3 is 2.62 bits per heavy atom. The van der Waals surface area contributed by atoms with Crippen LogP contribution in [0, 0.1) is 5.92 Å². The lowest BCUT2D eigenvalue weighted by Crippen LogP contribution is -2.30. The minimum atomic E-state index is -0.544. The van der Waals surface area contributed by atoms with Gasteiger partial charge in [0.15, 0.2) is 0 Å². The van der Waals surface area contributed by atoms with Gasteiger partial charge < -0.3 is 15.8 Å². The summed E-state index contributed by atoms with van der Waals surface area (Å²) in [5.41, 5.74) is 4.89. The van der Waals surface area contributed by atoms with Gasteiger partial charge in [0.2, 0.25) is 0 Å². The van der Waals surface area contributed by atoms with Crippen molar-refractivity contribution >= 4 is 12.0 Å². The van der Waals surface area contributed by atoms with E-state index in [1.54, 1.807) is 0 Å². The largest absolute Gasteiger partial charge is 0.466 e. The van der Waals surface area contributed by atoms with Gasteiger partial charge in [0, 0.05) is 13.0 Å². The van der Waals surface area contributed by atoms with E-state index in [4.69, 9.17) is 10.5 Å². The molecular weight excluding hydrogens is 208 g/mol. The SMILES string of the molecule is NC(=O)NCCCOC(=O)CC1CCCC1. The van der Waals surface area contributed by atoms with Crippen LogP contribution in [0.4, 0.5) is 4.79 Å². The lowest BCUT2D eigenvalue weighted by Gasteiger charge is -2.08. The lowest BCUT2D eigenvalue weighted by molar-refractivity contribution is -0.144. The first-order chi connectivity index (χ1) is 7.68. The van der Waals surface area contributed by atoms with E-state index < -0.39 is 6.03 Å². The van der Waals surface area contributed by atoms with E-state index in [9.17, 15) is 9.59 Å². The van der Waals surface area contributed by atoms with Crippen molar-refractivity contribution in [3.05, 3.63) is 0 Å². The zero-order chi connectivity index (χ0) is 11.8. The maximum atomic E-state index is 11.4. The number of primary amides is 1. The Morgan fingerprint density at radius 1 is 1.31 bits per heavy atom. The highest BCUT2D eigenvalue weighted by atomic mass is 16.5. The van der Waals surface area contributed by atoms with Crippen molar-refractivity contribution in [2.75, 3.05) is 13.2 Å². The molecule has 1 aliphatic rings. The van der Waals surface area contributed by atoms with Crippen LogP contribution in [-0.2, 0) is 9.53 Å². The first kappa shape index (κ1) is 12.8.